The van der Waals surface area contributed by atoms with Crippen molar-refractivity contribution < 1.29 is 46.6 Å². The fourth-order valence-corrected chi connectivity index (χ4v) is 4.63. The average Bonchev–Trinajstić information content (AvgIpc) is 3.10. The number of hydrogen-bond donors (Lipinski definition) is 3. The van der Waals surface area contributed by atoms with Gasteiger partial charge in [-0.2, -0.15) is 13.2 Å². The molecule has 0 bridgehead atoms. The van der Waals surface area contributed by atoms with Gasteiger partial charge < -0.3 is 30.2 Å². The number of anilines is 1. The number of alkyl halides is 3. The molecule has 4 aromatic rings. The number of ether oxygens (including phenoxy) is 3. The van der Waals surface area contributed by atoms with Crippen molar-refractivity contribution in [2.75, 3.05) is 25.1 Å². The maximum atomic E-state index is 13.6. The second-order valence-electron chi connectivity index (χ2n) is 10.9. The first kappa shape index (κ1) is 37.1. The van der Waals surface area contributed by atoms with E-state index in [1.165, 1.54) is 0 Å². The van der Waals surface area contributed by atoms with Gasteiger partial charge in [0.15, 0.2) is 0 Å². The fraction of sp³-hybridized carbons (Fsp3) is 0.250. The van der Waals surface area contributed by atoms with E-state index in [1.807, 2.05) is 55.5 Å². The number of hydrogen-bond acceptors (Lipinski definition) is 9. The van der Waals surface area contributed by atoms with E-state index in [-0.39, 0.29) is 26.4 Å². The lowest BCUT2D eigenvalue weighted by atomic mass is 9.99. The van der Waals surface area contributed by atoms with Crippen molar-refractivity contribution in [1.29, 1.82) is 0 Å². The van der Waals surface area contributed by atoms with E-state index in [2.05, 4.69) is 25.7 Å². The van der Waals surface area contributed by atoms with Gasteiger partial charge in [-0.1, -0.05) is 91.0 Å². The van der Waals surface area contributed by atoms with Crippen molar-refractivity contribution in [2.45, 2.75) is 38.2 Å². The van der Waals surface area contributed by atoms with Gasteiger partial charge in [-0.05, 0) is 41.3 Å². The van der Waals surface area contributed by atoms with Crippen molar-refractivity contribution in [3.05, 3.63) is 120 Å². The molecule has 0 radical (unpaired) electrons. The van der Waals surface area contributed by atoms with Crippen molar-refractivity contribution in [3.63, 3.8) is 0 Å². The molecule has 11 nitrogen and oxygen atoms in total. The van der Waals surface area contributed by atoms with Gasteiger partial charge in [-0.25, -0.2) is 14.6 Å². The van der Waals surface area contributed by atoms with E-state index < -0.39 is 48.6 Å². The van der Waals surface area contributed by atoms with Crippen LogP contribution in [0.15, 0.2) is 103 Å². The second-order valence-corrected chi connectivity index (χ2v) is 10.9. The molecule has 2 amide bonds. The van der Waals surface area contributed by atoms with E-state index in [0.717, 1.165) is 22.4 Å². The lowest BCUT2D eigenvalue weighted by Crippen LogP contribution is -2.50. The summed E-state index contributed by atoms with van der Waals surface area (Å²) in [5.74, 6) is -4.47. The van der Waals surface area contributed by atoms with E-state index >= 15 is 0 Å². The van der Waals surface area contributed by atoms with Gasteiger partial charge in [-0.3, -0.25) is 9.59 Å². The van der Waals surface area contributed by atoms with Gasteiger partial charge in [0.05, 0.1) is 32.2 Å². The highest BCUT2D eigenvalue weighted by Crippen LogP contribution is 2.25. The molecular weight excluding hydrogens is 657 g/mol. The zero-order chi connectivity index (χ0) is 35.9. The predicted octanol–water partition coefficient (Wildman–Crippen LogP) is 5.66. The quantitative estimate of drug-likeness (QED) is 0.0817. The molecule has 0 aliphatic rings. The predicted molar refractivity (Wildman–Crippen MR) is 176 cm³/mol. The van der Waals surface area contributed by atoms with Crippen molar-refractivity contribution in [1.82, 2.24) is 15.6 Å². The Bertz CT molecular complexity index is 1720. The molecule has 1 aromatic heterocycles. The molecule has 2 unspecified atom stereocenters. The maximum Gasteiger partial charge on any atom is 0.491 e. The lowest BCUT2D eigenvalue weighted by Gasteiger charge is -2.23. The Hall–Kier alpha value is -5.76. The summed E-state index contributed by atoms with van der Waals surface area (Å²) < 4.78 is 53.3. The molecule has 1 heterocycles. The average molecular weight is 693 g/mol. The summed E-state index contributed by atoms with van der Waals surface area (Å²) in [5.41, 5.74) is 3.57. The Kier molecular flexibility index (Phi) is 13.4. The molecule has 0 fully saturated rings. The molecule has 0 spiro atoms. The molecule has 0 saturated heterocycles. The molecule has 0 aliphatic heterocycles. The lowest BCUT2D eigenvalue weighted by molar-refractivity contribution is -0.202. The summed E-state index contributed by atoms with van der Waals surface area (Å²) in [7, 11) is 0. The first-order chi connectivity index (χ1) is 24.0. The first-order valence-electron chi connectivity index (χ1n) is 15.5. The van der Waals surface area contributed by atoms with Crippen LogP contribution in [-0.4, -0.2) is 60.9 Å². The Morgan fingerprint density at radius 3 is 2.12 bits per heavy atom. The highest BCUT2D eigenvalue weighted by Gasteiger charge is 2.42. The summed E-state index contributed by atoms with van der Waals surface area (Å²) in [4.78, 5) is 54.5. The number of amides is 2. The van der Waals surface area contributed by atoms with E-state index in [4.69, 9.17) is 9.47 Å². The summed E-state index contributed by atoms with van der Waals surface area (Å²) in [5, 5.41) is 8.03. The van der Waals surface area contributed by atoms with Gasteiger partial charge in [0.1, 0.15) is 18.5 Å². The zero-order valence-electron chi connectivity index (χ0n) is 26.9. The van der Waals surface area contributed by atoms with E-state index in [1.54, 1.807) is 54.6 Å². The van der Waals surface area contributed by atoms with Crippen LogP contribution in [0.4, 0.5) is 23.8 Å². The maximum absolute atomic E-state index is 13.6. The molecular formula is C36H35F3N4O7. The minimum Gasteiger partial charge on any atom is -0.448 e. The number of aryl methyl sites for hydroxylation is 1. The summed E-state index contributed by atoms with van der Waals surface area (Å²) in [6.45, 7) is 1.71. The minimum atomic E-state index is -5.40. The van der Waals surface area contributed by atoms with Crippen molar-refractivity contribution in [3.8, 4) is 11.1 Å². The third kappa shape index (κ3) is 12.0. The summed E-state index contributed by atoms with van der Waals surface area (Å²) in [6, 6.07) is 27.6. The van der Waals surface area contributed by atoms with Crippen LogP contribution >= 0.6 is 0 Å². The number of aromatic nitrogens is 1. The molecule has 50 heavy (non-hydrogen) atoms. The topological polar surface area (TPSA) is 145 Å². The molecule has 3 N–H and O–H groups in total. The zero-order valence-corrected chi connectivity index (χ0v) is 26.9. The second kappa shape index (κ2) is 18.1. The van der Waals surface area contributed by atoms with Crippen LogP contribution < -0.4 is 16.0 Å². The third-order valence-corrected chi connectivity index (χ3v) is 7.08. The number of carbonyl (C=O) groups is 4. The number of rotatable bonds is 15. The Morgan fingerprint density at radius 2 is 1.46 bits per heavy atom. The van der Waals surface area contributed by atoms with Gasteiger partial charge in [0, 0.05) is 5.69 Å². The standard InChI is InChI=1S/C36H35F3N4O7/c1-24-9-8-14-31(41-24)40-19-20-49-35(47)43-30(23-48-22-25-10-4-2-5-11-25)33(45)42-29(21-32(44)50-34(46)36(37,38)39)28-17-15-27(16-18-28)26-12-6-3-7-13-26/h2-18,29-30H,19-23H2,1H3,(H,40,41)(H,42,45)(H,43,47). The Labute approximate surface area is 286 Å². The molecule has 262 valence electrons. The van der Waals surface area contributed by atoms with Crippen LogP contribution in [0.3, 0.4) is 0 Å². The third-order valence-electron chi connectivity index (χ3n) is 7.08. The van der Waals surface area contributed by atoms with Gasteiger partial charge in [0.25, 0.3) is 0 Å². The highest BCUT2D eigenvalue weighted by molar-refractivity contribution is 5.90. The van der Waals surface area contributed by atoms with Crippen LogP contribution in [0.25, 0.3) is 11.1 Å². The number of carbonyl (C=O) groups excluding carboxylic acids is 4. The van der Waals surface area contributed by atoms with Crippen LogP contribution in [0.2, 0.25) is 0 Å². The van der Waals surface area contributed by atoms with E-state index in [9.17, 15) is 32.3 Å². The summed E-state index contributed by atoms with van der Waals surface area (Å²) >= 11 is 0. The molecule has 2 atom stereocenters. The van der Waals surface area contributed by atoms with Crippen LogP contribution in [-0.2, 0) is 35.2 Å². The number of esters is 2. The SMILES string of the molecule is Cc1cccc(NCCOC(=O)NC(COCc2ccccc2)C(=O)NC(CC(=O)OC(=O)C(F)(F)F)c2ccc(-c3ccccc3)cc2)n1. The van der Waals surface area contributed by atoms with Gasteiger partial charge >= 0.3 is 24.2 Å². The molecule has 14 heteroatoms. The number of benzene rings is 3. The van der Waals surface area contributed by atoms with Gasteiger partial charge in [-0.15, -0.1) is 0 Å². The molecule has 0 aliphatic carbocycles. The van der Waals surface area contributed by atoms with Gasteiger partial charge in [0.2, 0.25) is 5.91 Å². The van der Waals surface area contributed by atoms with Crippen LogP contribution in [0.1, 0.15) is 29.3 Å². The Morgan fingerprint density at radius 1 is 0.800 bits per heavy atom. The van der Waals surface area contributed by atoms with Crippen molar-refractivity contribution >= 4 is 29.8 Å². The smallest absolute Gasteiger partial charge is 0.448 e. The summed E-state index contributed by atoms with van der Waals surface area (Å²) in [6.07, 6.45) is -7.19. The van der Waals surface area contributed by atoms with Crippen LogP contribution in [0.5, 0.6) is 0 Å². The first-order valence-corrected chi connectivity index (χ1v) is 15.5. The molecule has 3 aromatic carbocycles. The number of halogens is 3. The molecule has 4 rings (SSSR count). The number of nitrogens with zero attached hydrogens (tertiary/aromatic N) is 1. The molecule has 0 saturated carbocycles. The number of alkyl carbamates (subject to hydrolysis) is 1. The Balaban J connectivity index is 1.47. The highest BCUT2D eigenvalue weighted by atomic mass is 19.4. The minimum absolute atomic E-state index is 0.0872. The van der Waals surface area contributed by atoms with Crippen molar-refractivity contribution in [2.24, 2.45) is 0 Å². The van der Waals surface area contributed by atoms with E-state index in [0.29, 0.717) is 11.4 Å². The fourth-order valence-electron chi connectivity index (χ4n) is 4.63. The number of pyridine rings is 1. The van der Waals surface area contributed by atoms with Crippen LogP contribution in [0, 0.1) is 6.92 Å². The normalized spacial score (nSPS) is 12.2. The monoisotopic (exact) mass is 692 g/mol. The largest absolute Gasteiger partial charge is 0.491 e. The number of nitrogens with one attached hydrogen (secondary N) is 3.